The van der Waals surface area contributed by atoms with Gasteiger partial charge in [0.05, 0.1) is 18.1 Å². The average molecular weight is 495 g/mol. The lowest BCUT2D eigenvalue weighted by atomic mass is 9.62. The highest BCUT2D eigenvalue weighted by atomic mass is 16.6. The van der Waals surface area contributed by atoms with Gasteiger partial charge >= 0.3 is 5.97 Å². The number of amides is 2. The van der Waals surface area contributed by atoms with Crippen LogP contribution in [-0.2, 0) is 23.9 Å². The zero-order chi connectivity index (χ0) is 26.4. The third-order valence-corrected chi connectivity index (χ3v) is 8.09. The van der Waals surface area contributed by atoms with Gasteiger partial charge in [-0.3, -0.25) is 14.4 Å². The summed E-state index contributed by atoms with van der Waals surface area (Å²) in [6.45, 7) is 16.8. The van der Waals surface area contributed by atoms with Crippen molar-refractivity contribution in [2.24, 2.45) is 23.2 Å². The largest absolute Gasteiger partial charge is 0.466 e. The Labute approximate surface area is 210 Å². The molecule has 3 heterocycles. The molecule has 35 heavy (non-hydrogen) atoms. The number of unbranched alkanes of at least 4 members (excludes halogenated alkanes) is 2. The summed E-state index contributed by atoms with van der Waals surface area (Å²) in [5.41, 5.74) is -2.38. The van der Waals surface area contributed by atoms with E-state index in [1.54, 1.807) is 11.8 Å². The summed E-state index contributed by atoms with van der Waals surface area (Å²) >= 11 is 0. The van der Waals surface area contributed by atoms with E-state index in [-0.39, 0.29) is 36.4 Å². The molecule has 6 atom stereocenters. The quantitative estimate of drug-likeness (QED) is 0.357. The minimum absolute atomic E-state index is 0.00631. The van der Waals surface area contributed by atoms with Crippen LogP contribution in [-0.4, -0.2) is 70.3 Å². The van der Waals surface area contributed by atoms with Crippen LogP contribution >= 0.6 is 0 Å². The standard InChI is InChI=1S/C27H46N2O6/c1-9-34-23(33)19-18-22(32)29(13-11-10-12-14-30)20(27(18)15-17(2)26(19,8)35-27)21(31)28-25(6,7)16-24(3,4)5/h17-20,30H,9-16H2,1-8H3,(H,28,31)/t17?,18-,19+,20?,26-,27?/m0/s1. The fraction of sp³-hybridized carbons (Fsp3) is 0.889. The number of likely N-dealkylation sites (tertiary alicyclic amines) is 1. The van der Waals surface area contributed by atoms with E-state index in [9.17, 15) is 19.5 Å². The molecule has 3 saturated heterocycles. The summed E-state index contributed by atoms with van der Waals surface area (Å²) in [6.07, 6.45) is 3.36. The van der Waals surface area contributed by atoms with Gasteiger partial charge in [-0.05, 0) is 71.1 Å². The molecule has 0 aliphatic carbocycles. The number of carbonyl (C=O) groups is 3. The van der Waals surface area contributed by atoms with E-state index in [4.69, 9.17) is 9.47 Å². The maximum absolute atomic E-state index is 14.0. The van der Waals surface area contributed by atoms with Gasteiger partial charge in [-0.2, -0.15) is 0 Å². The Hall–Kier alpha value is -1.67. The number of nitrogens with zero attached hydrogens (tertiary/aromatic N) is 1. The highest BCUT2D eigenvalue weighted by molar-refractivity contribution is 5.98. The molecule has 3 aliphatic heterocycles. The van der Waals surface area contributed by atoms with E-state index in [0.717, 1.165) is 12.8 Å². The summed E-state index contributed by atoms with van der Waals surface area (Å²) < 4.78 is 12.1. The molecule has 3 fully saturated rings. The zero-order valence-electron chi connectivity index (χ0n) is 22.9. The molecule has 3 aliphatic rings. The second kappa shape index (κ2) is 9.66. The zero-order valence-corrected chi connectivity index (χ0v) is 22.9. The maximum atomic E-state index is 14.0. The normalized spacial score (nSPS) is 34.3. The Morgan fingerprint density at radius 1 is 1.20 bits per heavy atom. The average Bonchev–Trinajstić information content (AvgIpc) is 3.20. The molecule has 0 aromatic carbocycles. The SMILES string of the molecule is CCOC(=O)[C@H]1[C@H]2C(=O)N(CCCCCO)C(C(=O)NC(C)(C)CC(C)(C)C)C23CC(C)[C@]1(C)O3. The van der Waals surface area contributed by atoms with Crippen molar-refractivity contribution in [3.05, 3.63) is 0 Å². The Bertz CT molecular complexity index is 836. The van der Waals surface area contributed by atoms with Crippen molar-refractivity contribution in [3.63, 3.8) is 0 Å². The molecule has 2 N–H and O–H groups in total. The number of esters is 1. The van der Waals surface area contributed by atoms with Crippen LogP contribution in [0.2, 0.25) is 0 Å². The molecule has 200 valence electrons. The number of ether oxygens (including phenoxy) is 2. The second-order valence-electron chi connectivity index (χ2n) is 12.9. The first kappa shape index (κ1) is 27.9. The molecular formula is C27H46N2O6. The van der Waals surface area contributed by atoms with E-state index in [2.05, 4.69) is 26.1 Å². The van der Waals surface area contributed by atoms with Crippen molar-refractivity contribution < 1.29 is 29.0 Å². The lowest BCUT2D eigenvalue weighted by molar-refractivity contribution is -0.161. The summed E-state index contributed by atoms with van der Waals surface area (Å²) in [5, 5.41) is 12.4. The van der Waals surface area contributed by atoms with Crippen LogP contribution in [0.25, 0.3) is 0 Å². The van der Waals surface area contributed by atoms with Crippen LogP contribution in [0.4, 0.5) is 0 Å². The number of aliphatic hydroxyl groups is 1. The summed E-state index contributed by atoms with van der Waals surface area (Å²) in [7, 11) is 0. The highest BCUT2D eigenvalue weighted by Gasteiger charge is 2.80. The topological polar surface area (TPSA) is 105 Å². The van der Waals surface area contributed by atoms with Gasteiger partial charge in [-0.1, -0.05) is 27.7 Å². The highest BCUT2D eigenvalue weighted by Crippen LogP contribution is 2.65. The van der Waals surface area contributed by atoms with Crippen molar-refractivity contribution in [1.82, 2.24) is 10.2 Å². The van der Waals surface area contributed by atoms with E-state index in [0.29, 0.717) is 25.8 Å². The molecule has 0 aromatic rings. The predicted molar refractivity (Wildman–Crippen MR) is 132 cm³/mol. The van der Waals surface area contributed by atoms with Gasteiger partial charge in [0.2, 0.25) is 11.8 Å². The third-order valence-electron chi connectivity index (χ3n) is 8.09. The molecule has 8 heteroatoms. The third kappa shape index (κ3) is 4.97. The Balaban J connectivity index is 1.99. The van der Waals surface area contributed by atoms with Crippen LogP contribution in [0.15, 0.2) is 0 Å². The van der Waals surface area contributed by atoms with E-state index < -0.39 is 40.6 Å². The monoisotopic (exact) mass is 494 g/mol. The number of hydrogen-bond donors (Lipinski definition) is 2. The molecule has 2 bridgehead atoms. The fourth-order valence-electron chi connectivity index (χ4n) is 7.21. The lowest BCUT2D eigenvalue weighted by Crippen LogP contribution is -2.59. The van der Waals surface area contributed by atoms with Crippen LogP contribution in [0, 0.1) is 23.2 Å². The van der Waals surface area contributed by atoms with Gasteiger partial charge in [0.25, 0.3) is 0 Å². The Morgan fingerprint density at radius 3 is 2.43 bits per heavy atom. The molecule has 0 radical (unpaired) electrons. The first-order chi connectivity index (χ1) is 16.1. The summed E-state index contributed by atoms with van der Waals surface area (Å²) in [4.78, 5) is 42.7. The van der Waals surface area contributed by atoms with Gasteiger partial charge in [0.1, 0.15) is 17.6 Å². The van der Waals surface area contributed by atoms with E-state index in [1.165, 1.54) is 0 Å². The summed E-state index contributed by atoms with van der Waals surface area (Å²) in [6, 6.07) is -0.808. The molecule has 3 rings (SSSR count). The Kier molecular flexibility index (Phi) is 7.70. The van der Waals surface area contributed by atoms with E-state index >= 15 is 0 Å². The van der Waals surface area contributed by atoms with Gasteiger partial charge in [0, 0.05) is 18.7 Å². The van der Waals surface area contributed by atoms with Crippen LogP contribution < -0.4 is 5.32 Å². The van der Waals surface area contributed by atoms with Gasteiger partial charge in [-0.15, -0.1) is 0 Å². The Morgan fingerprint density at radius 2 is 1.86 bits per heavy atom. The second-order valence-corrected chi connectivity index (χ2v) is 12.9. The maximum Gasteiger partial charge on any atom is 0.312 e. The van der Waals surface area contributed by atoms with E-state index in [1.807, 2.05) is 27.7 Å². The fourth-order valence-corrected chi connectivity index (χ4v) is 7.21. The molecule has 0 saturated carbocycles. The van der Waals surface area contributed by atoms with Crippen LogP contribution in [0.1, 0.15) is 87.5 Å². The molecule has 0 aromatic heterocycles. The number of carbonyl (C=O) groups excluding carboxylic acids is 3. The molecule has 8 nitrogen and oxygen atoms in total. The molecule has 1 spiro atoms. The number of nitrogens with one attached hydrogen (secondary N) is 1. The molecule has 3 unspecified atom stereocenters. The number of hydrogen-bond acceptors (Lipinski definition) is 6. The van der Waals surface area contributed by atoms with Crippen molar-refractivity contribution in [3.8, 4) is 0 Å². The molecular weight excluding hydrogens is 448 g/mol. The first-order valence-electron chi connectivity index (χ1n) is 13.2. The first-order valence-corrected chi connectivity index (χ1v) is 13.2. The minimum Gasteiger partial charge on any atom is -0.466 e. The van der Waals surface area contributed by atoms with Crippen molar-refractivity contribution >= 4 is 17.8 Å². The number of rotatable bonds is 10. The predicted octanol–water partition coefficient (Wildman–Crippen LogP) is 3.05. The van der Waals surface area contributed by atoms with Crippen LogP contribution in [0.5, 0.6) is 0 Å². The minimum atomic E-state index is -1.05. The van der Waals surface area contributed by atoms with Crippen molar-refractivity contribution in [1.29, 1.82) is 0 Å². The van der Waals surface area contributed by atoms with Crippen molar-refractivity contribution in [2.75, 3.05) is 19.8 Å². The number of fused-ring (bicyclic) bond motifs is 1. The van der Waals surface area contributed by atoms with Gasteiger partial charge in [-0.25, -0.2) is 0 Å². The lowest BCUT2D eigenvalue weighted by Gasteiger charge is -2.38. The van der Waals surface area contributed by atoms with Gasteiger partial charge in [0.15, 0.2) is 0 Å². The summed E-state index contributed by atoms with van der Waals surface area (Å²) in [5.74, 6) is -2.32. The van der Waals surface area contributed by atoms with Gasteiger partial charge < -0.3 is 24.8 Å². The van der Waals surface area contributed by atoms with Crippen molar-refractivity contribution in [2.45, 2.75) is 110 Å². The number of aliphatic hydroxyl groups excluding tert-OH is 1. The molecule has 2 amide bonds. The smallest absolute Gasteiger partial charge is 0.312 e. The van der Waals surface area contributed by atoms with Crippen LogP contribution in [0.3, 0.4) is 0 Å².